The van der Waals surface area contributed by atoms with Crippen molar-refractivity contribution in [1.82, 2.24) is 10.2 Å². The molecule has 1 amide bonds. The summed E-state index contributed by atoms with van der Waals surface area (Å²) in [5.41, 5.74) is 1.21. The van der Waals surface area contributed by atoms with Crippen molar-refractivity contribution in [2.75, 3.05) is 19.6 Å². The van der Waals surface area contributed by atoms with Gasteiger partial charge in [0.05, 0.1) is 10.9 Å². The predicted octanol–water partition coefficient (Wildman–Crippen LogP) is 4.36. The molecule has 3 rings (SSSR count). The number of likely N-dealkylation sites (tertiary alicyclic amines) is 1. The Bertz CT molecular complexity index is 621. The minimum Gasteiger partial charge on any atom is -0.349 e. The van der Waals surface area contributed by atoms with Crippen molar-refractivity contribution in [2.45, 2.75) is 25.3 Å². The Morgan fingerprint density at radius 3 is 2.57 bits per heavy atom. The summed E-state index contributed by atoms with van der Waals surface area (Å²) in [5.74, 6) is 0.0102. The molecule has 5 heteroatoms. The van der Waals surface area contributed by atoms with E-state index in [2.05, 4.69) is 22.3 Å². The van der Waals surface area contributed by atoms with Gasteiger partial charge in [-0.25, -0.2) is 0 Å². The molecule has 1 aliphatic heterocycles. The summed E-state index contributed by atoms with van der Waals surface area (Å²) in [6.45, 7) is 2.79. The number of carbonyl (C=O) groups excluding carboxylic acids is 1. The highest BCUT2D eigenvalue weighted by atomic mass is 35.5. The molecule has 1 saturated heterocycles. The summed E-state index contributed by atoms with van der Waals surface area (Å²) < 4.78 is 0. The maximum atomic E-state index is 12.2. The smallest absolute Gasteiger partial charge is 0.261 e. The number of carbonyl (C=O) groups is 1. The van der Waals surface area contributed by atoms with Crippen LogP contribution in [0.4, 0.5) is 0 Å². The zero-order chi connectivity index (χ0) is 16.1. The fraction of sp³-hybridized carbons (Fsp3) is 0.389. The SMILES string of the molecule is O=C(NC[C@@H](c1ccc(Cl)cc1)N1CCCCC1)c1cccs1. The number of hydrogen-bond acceptors (Lipinski definition) is 3. The first-order valence-corrected chi connectivity index (χ1v) is 9.31. The average molecular weight is 349 g/mol. The zero-order valence-corrected chi connectivity index (χ0v) is 14.6. The second-order valence-electron chi connectivity index (χ2n) is 5.85. The van der Waals surface area contributed by atoms with Gasteiger partial charge in [-0.05, 0) is 55.1 Å². The van der Waals surface area contributed by atoms with E-state index >= 15 is 0 Å². The van der Waals surface area contributed by atoms with Crippen molar-refractivity contribution in [2.24, 2.45) is 0 Å². The first-order valence-electron chi connectivity index (χ1n) is 8.05. The lowest BCUT2D eigenvalue weighted by Gasteiger charge is -2.35. The lowest BCUT2D eigenvalue weighted by Crippen LogP contribution is -2.40. The Balaban J connectivity index is 1.72. The Morgan fingerprint density at radius 2 is 1.91 bits per heavy atom. The van der Waals surface area contributed by atoms with Crippen LogP contribution in [-0.2, 0) is 0 Å². The zero-order valence-electron chi connectivity index (χ0n) is 13.0. The molecule has 0 radical (unpaired) electrons. The normalized spacial score (nSPS) is 16.9. The summed E-state index contributed by atoms with van der Waals surface area (Å²) in [6.07, 6.45) is 3.75. The van der Waals surface area contributed by atoms with Crippen molar-refractivity contribution >= 4 is 28.8 Å². The van der Waals surface area contributed by atoms with Gasteiger partial charge in [-0.2, -0.15) is 0 Å². The van der Waals surface area contributed by atoms with Crippen molar-refractivity contribution < 1.29 is 4.79 Å². The van der Waals surface area contributed by atoms with Crippen molar-refractivity contribution in [3.8, 4) is 0 Å². The largest absolute Gasteiger partial charge is 0.349 e. The molecular formula is C18H21ClN2OS. The molecule has 0 saturated carbocycles. The number of thiophene rings is 1. The van der Waals surface area contributed by atoms with E-state index < -0.39 is 0 Å². The molecule has 1 aromatic carbocycles. The van der Waals surface area contributed by atoms with E-state index in [0.717, 1.165) is 23.0 Å². The number of amides is 1. The molecule has 0 spiro atoms. The Hall–Kier alpha value is -1.36. The van der Waals surface area contributed by atoms with E-state index in [9.17, 15) is 4.79 Å². The van der Waals surface area contributed by atoms with Crippen LogP contribution in [0.25, 0.3) is 0 Å². The van der Waals surface area contributed by atoms with Gasteiger partial charge < -0.3 is 5.32 Å². The molecule has 0 aliphatic carbocycles. The van der Waals surface area contributed by atoms with Crippen LogP contribution in [0, 0.1) is 0 Å². The molecule has 0 bridgehead atoms. The van der Waals surface area contributed by atoms with E-state index in [1.54, 1.807) is 0 Å². The number of halogens is 1. The Labute approximate surface area is 146 Å². The van der Waals surface area contributed by atoms with Crippen molar-refractivity contribution in [1.29, 1.82) is 0 Å². The number of rotatable bonds is 5. The summed E-state index contributed by atoms with van der Waals surface area (Å²) in [7, 11) is 0. The molecule has 1 aliphatic rings. The van der Waals surface area contributed by atoms with Gasteiger partial charge in [0.15, 0.2) is 0 Å². The van der Waals surface area contributed by atoms with Gasteiger partial charge in [-0.3, -0.25) is 9.69 Å². The summed E-state index contributed by atoms with van der Waals surface area (Å²) in [6, 6.07) is 12.0. The fourth-order valence-corrected chi connectivity index (χ4v) is 3.82. The second kappa shape index (κ2) is 7.95. The van der Waals surface area contributed by atoms with E-state index in [1.165, 1.54) is 36.2 Å². The van der Waals surface area contributed by atoms with Crippen molar-refractivity contribution in [3.63, 3.8) is 0 Å². The predicted molar refractivity (Wildman–Crippen MR) is 96.3 cm³/mol. The minimum absolute atomic E-state index is 0.0102. The lowest BCUT2D eigenvalue weighted by molar-refractivity contribution is 0.0928. The highest BCUT2D eigenvalue weighted by molar-refractivity contribution is 7.12. The Morgan fingerprint density at radius 1 is 1.17 bits per heavy atom. The van der Waals surface area contributed by atoms with Crippen LogP contribution in [-0.4, -0.2) is 30.4 Å². The van der Waals surface area contributed by atoms with Gasteiger partial charge in [0, 0.05) is 11.6 Å². The van der Waals surface area contributed by atoms with Crippen molar-refractivity contribution in [3.05, 3.63) is 57.2 Å². The van der Waals surface area contributed by atoms with E-state index in [1.807, 2.05) is 29.6 Å². The average Bonchev–Trinajstić information content (AvgIpc) is 3.12. The quantitative estimate of drug-likeness (QED) is 0.870. The molecule has 122 valence electrons. The maximum absolute atomic E-state index is 12.2. The van der Waals surface area contributed by atoms with Crippen LogP contribution < -0.4 is 5.32 Å². The standard InChI is InChI=1S/C18H21ClN2OS/c19-15-8-6-14(7-9-15)16(21-10-2-1-3-11-21)13-20-18(22)17-5-4-12-23-17/h4-9,12,16H,1-3,10-11,13H2,(H,20,22)/t16-/m0/s1. The van der Waals surface area contributed by atoms with Crippen LogP contribution in [0.3, 0.4) is 0 Å². The summed E-state index contributed by atoms with van der Waals surface area (Å²) >= 11 is 7.49. The summed E-state index contributed by atoms with van der Waals surface area (Å²) in [4.78, 5) is 15.5. The molecular weight excluding hydrogens is 328 g/mol. The first kappa shape index (κ1) is 16.5. The van der Waals surface area contributed by atoms with Crippen LogP contribution in [0.15, 0.2) is 41.8 Å². The highest BCUT2D eigenvalue weighted by Gasteiger charge is 2.23. The number of nitrogens with one attached hydrogen (secondary N) is 1. The molecule has 2 heterocycles. The topological polar surface area (TPSA) is 32.3 Å². The lowest BCUT2D eigenvalue weighted by atomic mass is 10.0. The van der Waals surface area contributed by atoms with E-state index in [0.29, 0.717) is 6.54 Å². The van der Waals surface area contributed by atoms with Gasteiger partial charge in [0.1, 0.15) is 0 Å². The third kappa shape index (κ3) is 4.34. The third-order valence-corrected chi connectivity index (χ3v) is 5.41. The second-order valence-corrected chi connectivity index (χ2v) is 7.24. The first-order chi connectivity index (χ1) is 11.2. The monoisotopic (exact) mass is 348 g/mol. The van der Waals surface area contributed by atoms with Crippen LogP contribution in [0.5, 0.6) is 0 Å². The van der Waals surface area contributed by atoms with Gasteiger partial charge in [0.25, 0.3) is 5.91 Å². The number of piperidine rings is 1. The van der Waals surface area contributed by atoms with E-state index in [-0.39, 0.29) is 11.9 Å². The molecule has 3 nitrogen and oxygen atoms in total. The van der Waals surface area contributed by atoms with Gasteiger partial charge in [-0.15, -0.1) is 11.3 Å². The number of hydrogen-bond donors (Lipinski definition) is 1. The third-order valence-electron chi connectivity index (χ3n) is 4.29. The Kier molecular flexibility index (Phi) is 5.70. The van der Waals surface area contributed by atoms with Crippen LogP contribution in [0.2, 0.25) is 5.02 Å². The molecule has 23 heavy (non-hydrogen) atoms. The molecule has 2 aromatic rings. The molecule has 1 aromatic heterocycles. The van der Waals surface area contributed by atoms with Crippen LogP contribution in [0.1, 0.15) is 40.5 Å². The minimum atomic E-state index is 0.0102. The number of nitrogens with zero attached hydrogens (tertiary/aromatic N) is 1. The number of benzene rings is 1. The molecule has 1 fully saturated rings. The molecule has 1 N–H and O–H groups in total. The highest BCUT2D eigenvalue weighted by Crippen LogP contribution is 2.25. The van der Waals surface area contributed by atoms with E-state index in [4.69, 9.17) is 11.6 Å². The maximum Gasteiger partial charge on any atom is 0.261 e. The molecule has 1 atom stereocenters. The van der Waals surface area contributed by atoms with Gasteiger partial charge >= 0.3 is 0 Å². The fourth-order valence-electron chi connectivity index (χ4n) is 3.06. The van der Waals surface area contributed by atoms with Gasteiger partial charge in [0.2, 0.25) is 0 Å². The van der Waals surface area contributed by atoms with Crippen LogP contribution >= 0.6 is 22.9 Å². The van der Waals surface area contributed by atoms with Gasteiger partial charge in [-0.1, -0.05) is 36.2 Å². The molecule has 0 unspecified atom stereocenters. The summed E-state index contributed by atoms with van der Waals surface area (Å²) in [5, 5.41) is 5.76.